The highest BCUT2D eigenvalue weighted by Crippen LogP contribution is 1.91. The Kier molecular flexibility index (Phi) is 7.49. The monoisotopic (exact) mass is 160 g/mol. The number of carbonyl (C=O) groups is 1. The standard InChI is InChI=1S/C7H6O.FH.H2S/c8-6-7-4-2-1-3-5-7;;/h1-6H;1H;1H2. The maximum atomic E-state index is 10.0. The summed E-state index contributed by atoms with van der Waals surface area (Å²) in [4.78, 5) is 10.0. The van der Waals surface area contributed by atoms with Crippen LogP contribution in [0.5, 0.6) is 0 Å². The summed E-state index contributed by atoms with van der Waals surface area (Å²) in [6, 6.07) is 9.10. The summed E-state index contributed by atoms with van der Waals surface area (Å²) in [5.74, 6) is 0. The molecule has 0 saturated carbocycles. The van der Waals surface area contributed by atoms with Crippen LogP contribution < -0.4 is 0 Å². The molecule has 0 amide bonds. The third kappa shape index (κ3) is 3.25. The van der Waals surface area contributed by atoms with Crippen LogP contribution in [-0.2, 0) is 0 Å². The molecular formula is C7H9FOS. The molecule has 3 heteroatoms. The summed E-state index contributed by atoms with van der Waals surface area (Å²) in [7, 11) is 0. The van der Waals surface area contributed by atoms with Crippen molar-refractivity contribution in [2.45, 2.75) is 0 Å². The van der Waals surface area contributed by atoms with E-state index in [0.29, 0.717) is 0 Å². The van der Waals surface area contributed by atoms with Crippen molar-refractivity contribution in [3.63, 3.8) is 0 Å². The molecule has 0 unspecified atom stereocenters. The van der Waals surface area contributed by atoms with Crippen LogP contribution in [0.3, 0.4) is 0 Å². The highest BCUT2D eigenvalue weighted by molar-refractivity contribution is 7.59. The molecule has 0 heterocycles. The average Bonchev–Trinajstić information content (AvgIpc) is 1.90. The van der Waals surface area contributed by atoms with E-state index in [-0.39, 0.29) is 18.2 Å². The third-order valence-corrected chi connectivity index (χ3v) is 0.936. The number of hydrogen-bond donors (Lipinski definition) is 0. The van der Waals surface area contributed by atoms with E-state index in [0.717, 1.165) is 11.8 Å². The zero-order chi connectivity index (χ0) is 5.82. The van der Waals surface area contributed by atoms with Crippen molar-refractivity contribution < 1.29 is 9.50 Å². The van der Waals surface area contributed by atoms with E-state index in [9.17, 15) is 4.79 Å². The smallest absolute Gasteiger partial charge is 0.150 e. The van der Waals surface area contributed by atoms with E-state index in [1.807, 2.05) is 18.2 Å². The summed E-state index contributed by atoms with van der Waals surface area (Å²) >= 11 is 0. The van der Waals surface area contributed by atoms with Crippen LogP contribution in [-0.4, -0.2) is 6.29 Å². The van der Waals surface area contributed by atoms with E-state index >= 15 is 0 Å². The molecule has 0 aliphatic carbocycles. The van der Waals surface area contributed by atoms with Gasteiger partial charge in [-0.25, -0.2) is 0 Å². The maximum absolute atomic E-state index is 10.0. The van der Waals surface area contributed by atoms with Gasteiger partial charge in [0.1, 0.15) is 6.29 Å². The Hall–Kier alpha value is -0.830. The number of hydrogen-bond acceptors (Lipinski definition) is 1. The van der Waals surface area contributed by atoms with Crippen molar-refractivity contribution in [1.82, 2.24) is 0 Å². The lowest BCUT2D eigenvalue weighted by molar-refractivity contribution is 0.112. The highest BCUT2D eigenvalue weighted by atomic mass is 32.1. The first-order valence-electron chi connectivity index (χ1n) is 2.44. The Balaban J connectivity index is 0. The number of aldehydes is 1. The second-order valence-electron chi connectivity index (χ2n) is 1.53. The minimum atomic E-state index is 0. The van der Waals surface area contributed by atoms with Gasteiger partial charge in [-0.15, -0.1) is 0 Å². The van der Waals surface area contributed by atoms with Gasteiger partial charge in [0, 0.05) is 5.56 Å². The number of rotatable bonds is 1. The second-order valence-corrected chi connectivity index (χ2v) is 1.53. The van der Waals surface area contributed by atoms with Gasteiger partial charge in [0.2, 0.25) is 0 Å². The fourth-order valence-corrected chi connectivity index (χ4v) is 0.532. The van der Waals surface area contributed by atoms with Crippen molar-refractivity contribution in [3.8, 4) is 0 Å². The largest absolute Gasteiger partial charge is 0.298 e. The summed E-state index contributed by atoms with van der Waals surface area (Å²) in [5, 5.41) is 0. The van der Waals surface area contributed by atoms with Gasteiger partial charge in [-0.05, 0) is 0 Å². The van der Waals surface area contributed by atoms with Gasteiger partial charge in [0.05, 0.1) is 0 Å². The molecular weight excluding hydrogens is 151 g/mol. The van der Waals surface area contributed by atoms with Crippen LogP contribution in [0.4, 0.5) is 4.70 Å². The topological polar surface area (TPSA) is 17.1 Å². The molecule has 0 spiro atoms. The second kappa shape index (κ2) is 6.29. The van der Waals surface area contributed by atoms with Crippen molar-refractivity contribution in [2.24, 2.45) is 0 Å². The predicted octanol–water partition coefficient (Wildman–Crippen LogP) is 1.76. The Morgan fingerprint density at radius 1 is 1.10 bits per heavy atom. The molecule has 0 radical (unpaired) electrons. The van der Waals surface area contributed by atoms with Gasteiger partial charge < -0.3 is 0 Å². The Morgan fingerprint density at radius 3 is 1.90 bits per heavy atom. The summed E-state index contributed by atoms with van der Waals surface area (Å²) < 4.78 is 0. The Bertz CT molecular complexity index is 176. The number of halogens is 1. The molecule has 0 atom stereocenters. The van der Waals surface area contributed by atoms with Crippen molar-refractivity contribution in [3.05, 3.63) is 35.9 Å². The van der Waals surface area contributed by atoms with Gasteiger partial charge in [-0.3, -0.25) is 9.50 Å². The minimum Gasteiger partial charge on any atom is -0.298 e. The van der Waals surface area contributed by atoms with Crippen LogP contribution in [0.1, 0.15) is 10.4 Å². The molecule has 1 rings (SSSR count). The highest BCUT2D eigenvalue weighted by Gasteiger charge is 1.79. The first kappa shape index (κ1) is 11.9. The van der Waals surface area contributed by atoms with E-state index in [1.54, 1.807) is 12.1 Å². The molecule has 56 valence electrons. The van der Waals surface area contributed by atoms with Crippen LogP contribution in [0.15, 0.2) is 30.3 Å². The number of carbonyl (C=O) groups excluding carboxylic acids is 1. The zero-order valence-electron chi connectivity index (χ0n) is 5.28. The van der Waals surface area contributed by atoms with Crippen LogP contribution in [0.25, 0.3) is 0 Å². The molecule has 10 heavy (non-hydrogen) atoms. The van der Waals surface area contributed by atoms with E-state index < -0.39 is 0 Å². The summed E-state index contributed by atoms with van der Waals surface area (Å²) in [6.07, 6.45) is 0.833. The molecule has 0 aliphatic rings. The maximum Gasteiger partial charge on any atom is 0.150 e. The predicted molar refractivity (Wildman–Crippen MR) is 44.7 cm³/mol. The lowest BCUT2D eigenvalue weighted by Crippen LogP contribution is -1.73. The molecule has 0 aliphatic heterocycles. The molecule has 0 aromatic heterocycles. The van der Waals surface area contributed by atoms with Crippen molar-refractivity contribution in [1.29, 1.82) is 0 Å². The van der Waals surface area contributed by atoms with E-state index in [2.05, 4.69) is 0 Å². The van der Waals surface area contributed by atoms with E-state index in [4.69, 9.17) is 0 Å². The molecule has 1 aromatic rings. The van der Waals surface area contributed by atoms with Crippen LogP contribution >= 0.6 is 13.5 Å². The third-order valence-electron chi connectivity index (χ3n) is 0.936. The lowest BCUT2D eigenvalue weighted by atomic mass is 10.2. The van der Waals surface area contributed by atoms with Crippen LogP contribution in [0.2, 0.25) is 0 Å². The fraction of sp³-hybridized carbons (Fsp3) is 0. The van der Waals surface area contributed by atoms with Crippen molar-refractivity contribution in [2.75, 3.05) is 0 Å². The van der Waals surface area contributed by atoms with Gasteiger partial charge in [0.25, 0.3) is 0 Å². The molecule has 0 saturated heterocycles. The van der Waals surface area contributed by atoms with Gasteiger partial charge in [-0.2, -0.15) is 13.5 Å². The normalized spacial score (nSPS) is 6.80. The molecule has 0 fully saturated rings. The molecule has 1 aromatic carbocycles. The van der Waals surface area contributed by atoms with Gasteiger partial charge >= 0.3 is 0 Å². The fourth-order valence-electron chi connectivity index (χ4n) is 0.532. The number of benzene rings is 1. The summed E-state index contributed by atoms with van der Waals surface area (Å²) in [5.41, 5.74) is 0.729. The first-order valence-corrected chi connectivity index (χ1v) is 2.44. The minimum absolute atomic E-state index is 0. The Labute approximate surface area is 65.9 Å². The SMILES string of the molecule is F.O=Cc1ccccc1.S. The molecule has 0 N–H and O–H groups in total. The van der Waals surface area contributed by atoms with Gasteiger partial charge in [0.15, 0.2) is 0 Å². The molecule has 0 bridgehead atoms. The van der Waals surface area contributed by atoms with Crippen molar-refractivity contribution >= 4 is 19.8 Å². The molecule has 1 nitrogen and oxygen atoms in total. The average molecular weight is 160 g/mol. The zero-order valence-corrected chi connectivity index (χ0v) is 6.28. The van der Waals surface area contributed by atoms with E-state index in [1.165, 1.54) is 0 Å². The lowest BCUT2D eigenvalue weighted by Gasteiger charge is -1.81. The summed E-state index contributed by atoms with van der Waals surface area (Å²) in [6.45, 7) is 0. The first-order chi connectivity index (χ1) is 3.93. The quantitative estimate of drug-likeness (QED) is 0.572. The van der Waals surface area contributed by atoms with Gasteiger partial charge in [-0.1, -0.05) is 30.3 Å². The van der Waals surface area contributed by atoms with Crippen LogP contribution in [0, 0.1) is 0 Å². The Morgan fingerprint density at radius 2 is 1.60 bits per heavy atom.